The molecule has 3 rings (SSSR count). The number of carbonyl (C=O) groups excluding carboxylic acids is 1. The Hall–Kier alpha value is -3.21. The van der Waals surface area contributed by atoms with E-state index in [1.807, 2.05) is 0 Å². The quantitative estimate of drug-likeness (QED) is 0.443. The number of halogens is 3. The highest BCUT2D eigenvalue weighted by atomic mass is 32.2. The van der Waals surface area contributed by atoms with Gasteiger partial charge >= 0.3 is 17.2 Å². The molecule has 3 aromatic rings. The first kappa shape index (κ1) is 23.5. The molecule has 0 radical (unpaired) electrons. The number of imidazole rings is 1. The van der Waals surface area contributed by atoms with Crippen LogP contribution in [-0.4, -0.2) is 36.3 Å². The van der Waals surface area contributed by atoms with E-state index in [-0.39, 0.29) is 34.5 Å². The Bertz CT molecular complexity index is 1180. The lowest BCUT2D eigenvalue weighted by atomic mass is 10.1. The lowest BCUT2D eigenvalue weighted by Crippen LogP contribution is -2.26. The third-order valence-corrected chi connectivity index (χ3v) is 4.88. The zero-order valence-electron chi connectivity index (χ0n) is 17.4. The molecule has 2 aromatic heterocycles. The van der Waals surface area contributed by atoms with E-state index in [4.69, 9.17) is 4.74 Å². The summed E-state index contributed by atoms with van der Waals surface area (Å²) in [5, 5.41) is 10.3. The summed E-state index contributed by atoms with van der Waals surface area (Å²) in [6.45, 7) is 5.12. The molecule has 0 bridgehead atoms. The molecule has 0 saturated heterocycles. The summed E-state index contributed by atoms with van der Waals surface area (Å²) >= 11 is -0.277. The van der Waals surface area contributed by atoms with Crippen LogP contribution in [0.4, 0.5) is 13.2 Å². The summed E-state index contributed by atoms with van der Waals surface area (Å²) in [7, 11) is 0. The Kier molecular flexibility index (Phi) is 6.40. The van der Waals surface area contributed by atoms with Crippen molar-refractivity contribution in [3.05, 3.63) is 70.5 Å². The van der Waals surface area contributed by atoms with Gasteiger partial charge in [0.25, 0.3) is 0 Å². The fourth-order valence-electron chi connectivity index (χ4n) is 2.89. The van der Waals surface area contributed by atoms with Crippen molar-refractivity contribution in [3.63, 3.8) is 0 Å². The van der Waals surface area contributed by atoms with Crippen LogP contribution >= 0.6 is 11.8 Å². The van der Waals surface area contributed by atoms with E-state index in [1.165, 1.54) is 47.4 Å². The van der Waals surface area contributed by atoms with Crippen LogP contribution in [0, 0.1) is 0 Å². The molecule has 0 aliphatic rings. The molecule has 0 fully saturated rings. The second-order valence-electron chi connectivity index (χ2n) is 7.81. The molecule has 2 heterocycles. The summed E-state index contributed by atoms with van der Waals surface area (Å²) in [6, 6.07) is 6.58. The van der Waals surface area contributed by atoms with Crippen LogP contribution in [0.25, 0.3) is 5.69 Å². The van der Waals surface area contributed by atoms with Crippen LogP contribution in [0.5, 0.6) is 5.88 Å². The first-order chi connectivity index (χ1) is 14.8. The molecule has 1 N–H and O–H groups in total. The monoisotopic (exact) mass is 467 g/mol. The van der Waals surface area contributed by atoms with E-state index in [0.717, 1.165) is 4.57 Å². The molecular weight excluding hydrogens is 447 g/mol. The smallest absolute Gasteiger partial charge is 0.446 e. The third-order valence-electron chi connectivity index (χ3n) is 4.14. The maximum absolute atomic E-state index is 12.9. The first-order valence-electron chi connectivity index (χ1n) is 9.37. The lowest BCUT2D eigenvalue weighted by Gasteiger charge is -2.20. The minimum atomic E-state index is -4.43. The number of esters is 1. The zero-order chi connectivity index (χ0) is 23.7. The molecule has 170 valence electrons. The van der Waals surface area contributed by atoms with Gasteiger partial charge in [0.2, 0.25) is 5.88 Å². The van der Waals surface area contributed by atoms with Crippen molar-refractivity contribution in [1.82, 2.24) is 14.1 Å². The number of nitrogens with zero attached hydrogens (tertiary/aromatic N) is 3. The zero-order valence-corrected chi connectivity index (χ0v) is 18.2. The predicted octanol–water partition coefficient (Wildman–Crippen LogP) is 4.36. The average molecular weight is 467 g/mol. The Morgan fingerprint density at radius 3 is 2.41 bits per heavy atom. The minimum Gasteiger partial charge on any atom is -0.493 e. The van der Waals surface area contributed by atoms with Crippen molar-refractivity contribution < 1.29 is 27.8 Å². The van der Waals surface area contributed by atoms with Gasteiger partial charge in [-0.3, -0.25) is 9.55 Å². The summed E-state index contributed by atoms with van der Waals surface area (Å²) in [4.78, 5) is 29.3. The van der Waals surface area contributed by atoms with Crippen LogP contribution in [0.3, 0.4) is 0 Å². The number of hydrogen-bond donors (Lipinski definition) is 1. The summed E-state index contributed by atoms with van der Waals surface area (Å²) in [6.07, 6.45) is 3.98. The van der Waals surface area contributed by atoms with E-state index in [2.05, 4.69) is 4.98 Å². The molecule has 0 spiro atoms. The maximum Gasteiger partial charge on any atom is 0.446 e. The van der Waals surface area contributed by atoms with Crippen LogP contribution in [-0.2, 0) is 11.3 Å². The topological polar surface area (TPSA) is 86.3 Å². The van der Waals surface area contributed by atoms with Gasteiger partial charge in [0.15, 0.2) is 0 Å². The highest BCUT2D eigenvalue weighted by molar-refractivity contribution is 8.00. The number of aromatic nitrogens is 3. The van der Waals surface area contributed by atoms with E-state index < -0.39 is 28.6 Å². The predicted molar refractivity (Wildman–Crippen MR) is 112 cm³/mol. The standard InChI is InChI=1S/C21H20F3N3O4S/c1-20(2,3)31-18(29)16-10-25-9-8-13(16)11-26-12-17(28)27(19(26)30)14-4-6-15(7-5-14)32-21(22,23)24/h4-10,12,28H,11H2,1-3H3. The maximum atomic E-state index is 12.9. The molecule has 1 aromatic carbocycles. The second-order valence-corrected chi connectivity index (χ2v) is 8.95. The lowest BCUT2D eigenvalue weighted by molar-refractivity contribution is -0.0328. The minimum absolute atomic E-state index is 0.0491. The number of hydrogen-bond acceptors (Lipinski definition) is 6. The number of ether oxygens (including phenoxy) is 1. The van der Waals surface area contributed by atoms with Crippen molar-refractivity contribution in [1.29, 1.82) is 0 Å². The Labute approximate surface area is 185 Å². The SMILES string of the molecule is CC(C)(C)OC(=O)c1cnccc1Cn1cc(O)n(-c2ccc(SC(F)(F)F)cc2)c1=O. The van der Waals surface area contributed by atoms with Gasteiger partial charge in [-0.15, -0.1) is 0 Å². The summed E-state index contributed by atoms with van der Waals surface area (Å²) < 4.78 is 45.0. The Morgan fingerprint density at radius 1 is 1.16 bits per heavy atom. The largest absolute Gasteiger partial charge is 0.493 e. The van der Waals surface area contributed by atoms with Crippen molar-refractivity contribution >= 4 is 17.7 Å². The molecule has 0 unspecified atom stereocenters. The highest BCUT2D eigenvalue weighted by Gasteiger charge is 2.29. The molecule has 0 aliphatic heterocycles. The van der Waals surface area contributed by atoms with Gasteiger partial charge in [0, 0.05) is 17.3 Å². The third kappa shape index (κ3) is 5.72. The summed E-state index contributed by atoms with van der Waals surface area (Å²) in [5.41, 5.74) is -4.97. The van der Waals surface area contributed by atoms with Crippen LogP contribution in [0.2, 0.25) is 0 Å². The number of benzene rings is 1. The Balaban J connectivity index is 1.90. The van der Waals surface area contributed by atoms with Crippen molar-refractivity contribution in [2.75, 3.05) is 0 Å². The number of carbonyl (C=O) groups is 1. The van der Waals surface area contributed by atoms with E-state index in [0.29, 0.717) is 5.56 Å². The van der Waals surface area contributed by atoms with Crippen molar-refractivity contribution in [3.8, 4) is 11.6 Å². The van der Waals surface area contributed by atoms with Gasteiger partial charge in [-0.25, -0.2) is 14.2 Å². The molecule has 7 nitrogen and oxygen atoms in total. The normalized spacial score (nSPS) is 12.1. The first-order valence-corrected chi connectivity index (χ1v) is 10.2. The second kappa shape index (κ2) is 8.73. The van der Waals surface area contributed by atoms with Crippen LogP contribution < -0.4 is 5.69 Å². The highest BCUT2D eigenvalue weighted by Crippen LogP contribution is 2.37. The van der Waals surface area contributed by atoms with Gasteiger partial charge in [0.1, 0.15) is 5.60 Å². The molecule has 0 amide bonds. The molecule has 0 atom stereocenters. The number of rotatable bonds is 5. The van der Waals surface area contributed by atoms with Crippen LogP contribution in [0.1, 0.15) is 36.7 Å². The van der Waals surface area contributed by atoms with Gasteiger partial charge < -0.3 is 9.84 Å². The number of aromatic hydroxyl groups is 1. The Morgan fingerprint density at radius 2 is 1.81 bits per heavy atom. The van der Waals surface area contributed by atoms with Crippen LogP contribution in [0.15, 0.2) is 58.6 Å². The number of thioether (sulfide) groups is 1. The van der Waals surface area contributed by atoms with Crippen molar-refractivity contribution in [2.45, 2.75) is 43.3 Å². The van der Waals surface area contributed by atoms with E-state index in [1.54, 1.807) is 26.8 Å². The van der Waals surface area contributed by atoms with E-state index >= 15 is 0 Å². The van der Waals surface area contributed by atoms with Gasteiger partial charge in [-0.05, 0) is 68.4 Å². The fraction of sp³-hybridized carbons (Fsp3) is 0.286. The molecular formula is C21H20F3N3O4S. The molecule has 11 heteroatoms. The van der Waals surface area contributed by atoms with Gasteiger partial charge in [-0.1, -0.05) is 0 Å². The average Bonchev–Trinajstić information content (AvgIpc) is 2.93. The molecule has 0 saturated carbocycles. The summed E-state index contributed by atoms with van der Waals surface area (Å²) in [5.74, 6) is -1.01. The number of pyridine rings is 1. The fourth-order valence-corrected chi connectivity index (χ4v) is 3.43. The van der Waals surface area contributed by atoms with Gasteiger partial charge in [0.05, 0.1) is 24.0 Å². The van der Waals surface area contributed by atoms with Crippen molar-refractivity contribution in [2.24, 2.45) is 0 Å². The van der Waals surface area contributed by atoms with E-state index in [9.17, 15) is 27.9 Å². The number of alkyl halides is 3. The molecule has 32 heavy (non-hydrogen) atoms. The molecule has 0 aliphatic carbocycles. The van der Waals surface area contributed by atoms with Gasteiger partial charge in [-0.2, -0.15) is 13.2 Å².